The number of halogens is 4. The summed E-state index contributed by atoms with van der Waals surface area (Å²) < 4.78 is 37.1. The average Bonchev–Trinajstić information content (AvgIpc) is 4.02. The fourth-order valence-electron chi connectivity index (χ4n) is 11.3. The number of fused-ring (bicyclic) bond motifs is 4. The first-order chi connectivity index (χ1) is 34.3. The Labute approximate surface area is 446 Å². The molecule has 0 saturated carbocycles. The van der Waals surface area contributed by atoms with Gasteiger partial charge in [-0.3, -0.25) is 0 Å². The molecule has 7 rings (SSSR count). The van der Waals surface area contributed by atoms with Gasteiger partial charge in [-0.1, -0.05) is 244 Å². The van der Waals surface area contributed by atoms with Crippen molar-refractivity contribution in [2.45, 2.75) is 220 Å². The molecule has 70 heavy (non-hydrogen) atoms. The van der Waals surface area contributed by atoms with E-state index in [1.165, 1.54) is 214 Å². The highest BCUT2D eigenvalue weighted by Gasteiger charge is 2.32. The van der Waals surface area contributed by atoms with Gasteiger partial charge in [-0.05, 0) is 85.2 Å². The SMILES string of the molecule is CCCCCCCCC(CCCCCCCC)Cc1cc(-c2c(F)c(F)c(-c3cc(CC(CCCCCCCC)CCCCCCCC)c(Br)s3)c3nc4c(nc23)-c2cccc3cccc-4c23)sc1Br. The summed E-state index contributed by atoms with van der Waals surface area (Å²) in [7, 11) is 0. The van der Waals surface area contributed by atoms with E-state index < -0.39 is 11.6 Å². The van der Waals surface area contributed by atoms with Gasteiger partial charge < -0.3 is 0 Å². The third kappa shape index (κ3) is 14.4. The first-order valence-electron chi connectivity index (χ1n) is 28.1. The Bertz CT molecular complexity index is 2360. The summed E-state index contributed by atoms with van der Waals surface area (Å²) in [6, 6.07) is 16.8. The highest BCUT2D eigenvalue weighted by molar-refractivity contribution is 9.11. The van der Waals surface area contributed by atoms with Crippen LogP contribution >= 0.6 is 54.5 Å². The Morgan fingerprint density at radius 1 is 0.457 bits per heavy atom. The highest BCUT2D eigenvalue weighted by atomic mass is 79.9. The van der Waals surface area contributed by atoms with E-state index in [-0.39, 0.29) is 11.1 Å². The standard InChI is InChI=1S/C62H82Br2F2N2S2/c1-5-9-13-17-21-25-31-43(32-26-22-18-14-10-6-2)39-46-41-50(69-61(46)63)53-55(65)56(66)54(60-59(53)67-57-48-37-29-35-45-36-30-38-49(52(45)48)58(57)68-60)51-42-47(62(64)70-51)40-44(33-27-23-19-15-11-7-3)34-28-24-20-16-12-8-4/h29-30,35-38,41-44H,5-28,31-34,39-40H2,1-4H3. The molecule has 8 heteroatoms. The summed E-state index contributed by atoms with van der Waals surface area (Å²) >= 11 is 11.0. The van der Waals surface area contributed by atoms with Gasteiger partial charge in [-0.25, -0.2) is 18.7 Å². The summed E-state index contributed by atoms with van der Waals surface area (Å²) in [5.74, 6) is -0.559. The number of thiophene rings is 2. The lowest BCUT2D eigenvalue weighted by molar-refractivity contribution is 0.400. The predicted octanol–water partition coefficient (Wildman–Crippen LogP) is 23.0. The maximum absolute atomic E-state index is 17.6. The molecule has 0 bridgehead atoms. The van der Waals surface area contributed by atoms with Gasteiger partial charge in [0, 0.05) is 26.3 Å². The molecular formula is C62H82Br2F2N2S2. The molecule has 0 aliphatic heterocycles. The van der Waals surface area contributed by atoms with Crippen LogP contribution in [0.5, 0.6) is 0 Å². The Hall–Kier alpha value is -2.52. The van der Waals surface area contributed by atoms with Crippen molar-refractivity contribution in [3.8, 4) is 43.4 Å². The molecule has 0 fully saturated rings. The Kier molecular flexibility index (Phi) is 22.7. The van der Waals surface area contributed by atoms with Gasteiger partial charge in [0.1, 0.15) is 11.0 Å². The number of nitrogens with zero attached hydrogens (tertiary/aromatic N) is 2. The summed E-state index contributed by atoms with van der Waals surface area (Å²) in [6.07, 6.45) is 37.7. The summed E-state index contributed by atoms with van der Waals surface area (Å²) in [5.41, 5.74) is 7.18. The van der Waals surface area contributed by atoms with E-state index in [2.05, 4.69) is 108 Å². The first-order valence-corrected chi connectivity index (χ1v) is 31.3. The average molecular weight is 1120 g/mol. The lowest BCUT2D eigenvalue weighted by Gasteiger charge is -2.17. The van der Waals surface area contributed by atoms with E-state index in [0.29, 0.717) is 32.6 Å². The van der Waals surface area contributed by atoms with Crippen LogP contribution in [-0.4, -0.2) is 9.97 Å². The van der Waals surface area contributed by atoms with Gasteiger partial charge in [0.25, 0.3) is 0 Å². The van der Waals surface area contributed by atoms with Gasteiger partial charge >= 0.3 is 0 Å². The molecule has 0 N–H and O–H groups in total. The molecule has 3 heterocycles. The first kappa shape index (κ1) is 55.2. The lowest BCUT2D eigenvalue weighted by Crippen LogP contribution is -2.05. The molecule has 0 spiro atoms. The molecule has 1 aliphatic carbocycles. The fourth-order valence-corrected chi connectivity index (χ4v) is 14.8. The van der Waals surface area contributed by atoms with Gasteiger partial charge in [-0.15, -0.1) is 22.7 Å². The highest BCUT2D eigenvalue weighted by Crippen LogP contribution is 2.51. The third-order valence-corrected chi connectivity index (χ3v) is 19.3. The molecule has 0 amide bonds. The molecule has 1 aliphatic rings. The number of unbranched alkanes of at least 4 members (excludes halogenated alkanes) is 20. The van der Waals surface area contributed by atoms with Crippen LogP contribution in [0, 0.1) is 23.5 Å². The van der Waals surface area contributed by atoms with E-state index in [4.69, 9.17) is 9.97 Å². The second-order valence-corrected chi connectivity index (χ2v) is 25.6. The zero-order chi connectivity index (χ0) is 49.2. The topological polar surface area (TPSA) is 25.8 Å². The van der Waals surface area contributed by atoms with Crippen LogP contribution in [0.25, 0.3) is 65.2 Å². The van der Waals surface area contributed by atoms with Crippen LogP contribution in [0.15, 0.2) is 56.1 Å². The minimum Gasteiger partial charge on any atom is -0.243 e. The zero-order valence-corrected chi connectivity index (χ0v) is 48.0. The van der Waals surface area contributed by atoms with Crippen LogP contribution in [0.4, 0.5) is 8.78 Å². The second-order valence-electron chi connectivity index (χ2n) is 20.9. The van der Waals surface area contributed by atoms with Crippen LogP contribution in [0.3, 0.4) is 0 Å². The largest absolute Gasteiger partial charge is 0.243 e. The molecular weight excluding hydrogens is 1030 g/mol. The lowest BCUT2D eigenvalue weighted by atomic mass is 9.89. The molecule has 380 valence electrons. The molecule has 3 aromatic carbocycles. The van der Waals surface area contributed by atoms with Crippen molar-refractivity contribution >= 4 is 76.3 Å². The summed E-state index contributed by atoms with van der Waals surface area (Å²) in [4.78, 5) is 12.2. The van der Waals surface area contributed by atoms with Crippen molar-refractivity contribution in [3.05, 3.63) is 78.9 Å². The fraction of sp³-hybridized carbons (Fsp3) is 0.581. The monoisotopic (exact) mass is 1110 g/mol. The normalized spacial score (nSPS) is 12.3. The maximum Gasteiger partial charge on any atom is 0.170 e. The molecule has 3 aromatic heterocycles. The molecule has 2 nitrogen and oxygen atoms in total. The number of aromatic nitrogens is 2. The molecule has 0 saturated heterocycles. The predicted molar refractivity (Wildman–Crippen MR) is 310 cm³/mol. The van der Waals surface area contributed by atoms with Gasteiger partial charge in [0.15, 0.2) is 11.6 Å². The van der Waals surface area contributed by atoms with E-state index >= 15 is 8.78 Å². The number of benzene rings is 3. The van der Waals surface area contributed by atoms with E-state index in [1.807, 2.05) is 0 Å². The van der Waals surface area contributed by atoms with Crippen LogP contribution in [0.1, 0.15) is 219 Å². The third-order valence-electron chi connectivity index (χ3n) is 15.3. The Morgan fingerprint density at radius 2 is 0.786 bits per heavy atom. The van der Waals surface area contributed by atoms with Gasteiger partial charge in [-0.2, -0.15) is 0 Å². The molecule has 0 unspecified atom stereocenters. The minimum absolute atomic E-state index is 0.226. The smallest absolute Gasteiger partial charge is 0.170 e. The van der Waals surface area contributed by atoms with Crippen molar-refractivity contribution in [3.63, 3.8) is 0 Å². The van der Waals surface area contributed by atoms with Crippen LogP contribution in [0.2, 0.25) is 0 Å². The van der Waals surface area contributed by atoms with Crippen molar-refractivity contribution in [2.75, 3.05) is 0 Å². The van der Waals surface area contributed by atoms with Crippen LogP contribution < -0.4 is 0 Å². The van der Waals surface area contributed by atoms with Gasteiger partial charge in [0.05, 0.1) is 30.1 Å². The maximum atomic E-state index is 17.6. The van der Waals surface area contributed by atoms with E-state index in [0.717, 1.165) is 53.7 Å². The summed E-state index contributed by atoms with van der Waals surface area (Å²) in [5, 5.41) is 2.22. The van der Waals surface area contributed by atoms with E-state index in [9.17, 15) is 0 Å². The minimum atomic E-state index is -0.837. The quantitative estimate of drug-likeness (QED) is 0.0376. The van der Waals surface area contributed by atoms with E-state index in [1.54, 1.807) is 0 Å². The molecule has 0 radical (unpaired) electrons. The molecule has 6 aromatic rings. The van der Waals surface area contributed by atoms with Crippen LogP contribution in [-0.2, 0) is 12.8 Å². The summed E-state index contributed by atoms with van der Waals surface area (Å²) in [6.45, 7) is 9.12. The van der Waals surface area contributed by atoms with Gasteiger partial charge in [0.2, 0.25) is 0 Å². The second kappa shape index (κ2) is 28.8. The number of hydrogen-bond acceptors (Lipinski definition) is 4. The number of hydrogen-bond donors (Lipinski definition) is 0. The zero-order valence-electron chi connectivity index (χ0n) is 43.2. The van der Waals surface area contributed by atoms with Crippen molar-refractivity contribution in [1.82, 2.24) is 9.97 Å². The van der Waals surface area contributed by atoms with Crippen molar-refractivity contribution in [1.29, 1.82) is 0 Å². The Morgan fingerprint density at radius 3 is 1.13 bits per heavy atom. The number of rotatable bonds is 34. The molecule has 0 atom stereocenters. The van der Waals surface area contributed by atoms with Crippen molar-refractivity contribution in [2.24, 2.45) is 11.8 Å². The Balaban J connectivity index is 1.24. The van der Waals surface area contributed by atoms with Crippen molar-refractivity contribution < 1.29 is 8.78 Å².